The van der Waals surface area contributed by atoms with E-state index >= 15 is 0 Å². The van der Waals surface area contributed by atoms with Gasteiger partial charge in [-0.05, 0) is 24.8 Å². The zero-order valence-electron chi connectivity index (χ0n) is 5.87. The van der Waals surface area contributed by atoms with Crippen LogP contribution in [0.25, 0.3) is 0 Å². The van der Waals surface area contributed by atoms with Gasteiger partial charge in [0, 0.05) is 4.91 Å². The lowest BCUT2D eigenvalue weighted by atomic mass is 10.4. The van der Waals surface area contributed by atoms with Crippen molar-refractivity contribution < 1.29 is 0 Å². The molecule has 0 saturated heterocycles. The molecule has 0 amide bonds. The first-order valence-corrected chi connectivity index (χ1v) is 3.68. The quantitative estimate of drug-likeness (QED) is 0.457. The molecule has 0 fully saturated rings. The van der Waals surface area contributed by atoms with E-state index in [2.05, 4.69) is 6.58 Å². The minimum atomic E-state index is 0.947. The molecule has 0 aliphatic heterocycles. The molecular weight excluding hydrogens is 142 g/mol. The van der Waals surface area contributed by atoms with Gasteiger partial charge in [-0.2, -0.15) is 5.26 Å². The number of thioether (sulfide) groups is 1. The van der Waals surface area contributed by atoms with Gasteiger partial charge >= 0.3 is 0 Å². The van der Waals surface area contributed by atoms with Crippen LogP contribution in [-0.4, -0.2) is 0 Å². The van der Waals surface area contributed by atoms with Gasteiger partial charge in [0.2, 0.25) is 0 Å². The summed E-state index contributed by atoms with van der Waals surface area (Å²) in [7, 11) is 0. The van der Waals surface area contributed by atoms with Gasteiger partial charge in [0.1, 0.15) is 5.40 Å². The van der Waals surface area contributed by atoms with Crippen LogP contribution in [0.4, 0.5) is 0 Å². The Hall–Kier alpha value is -0.940. The van der Waals surface area contributed by atoms with Gasteiger partial charge in [-0.25, -0.2) is 0 Å². The number of allylic oxidation sites excluding steroid dienone is 4. The molecule has 0 rings (SSSR count). The maximum absolute atomic E-state index is 8.28. The topological polar surface area (TPSA) is 23.8 Å². The molecular formula is C8H9NS. The summed E-state index contributed by atoms with van der Waals surface area (Å²) in [6.07, 6.45) is 7.22. The van der Waals surface area contributed by atoms with Gasteiger partial charge in [-0.3, -0.25) is 0 Å². The van der Waals surface area contributed by atoms with Crippen LogP contribution in [0.5, 0.6) is 0 Å². The lowest BCUT2D eigenvalue weighted by Gasteiger charge is -1.87. The summed E-state index contributed by atoms with van der Waals surface area (Å²) in [5.41, 5.74) is 0. The summed E-state index contributed by atoms with van der Waals surface area (Å²) >= 11 is 1.15. The van der Waals surface area contributed by atoms with Gasteiger partial charge in [0.15, 0.2) is 0 Å². The number of nitriles is 1. The second-order valence-electron chi connectivity index (χ2n) is 1.48. The van der Waals surface area contributed by atoms with E-state index < -0.39 is 0 Å². The third kappa shape index (κ3) is 3.99. The fourth-order valence-corrected chi connectivity index (χ4v) is 0.775. The molecule has 0 aliphatic carbocycles. The molecule has 0 aromatic heterocycles. The Bertz CT molecular complexity index is 196. The van der Waals surface area contributed by atoms with E-state index in [0.717, 1.165) is 16.7 Å². The number of hydrogen-bond donors (Lipinski definition) is 0. The molecule has 1 nitrogen and oxygen atoms in total. The molecule has 0 aliphatic rings. The second kappa shape index (κ2) is 6.18. The zero-order chi connectivity index (χ0) is 7.82. The third-order valence-corrected chi connectivity index (χ3v) is 1.54. The fourth-order valence-electron chi connectivity index (χ4n) is 0.405. The van der Waals surface area contributed by atoms with Crippen molar-refractivity contribution in [3.63, 3.8) is 0 Å². The fraction of sp³-hybridized carbons (Fsp3) is 0.125. The van der Waals surface area contributed by atoms with Crippen molar-refractivity contribution in [2.75, 3.05) is 0 Å². The highest BCUT2D eigenvalue weighted by atomic mass is 32.2. The van der Waals surface area contributed by atoms with Crippen LogP contribution < -0.4 is 0 Å². The summed E-state index contributed by atoms with van der Waals surface area (Å²) in [6.45, 7) is 5.42. The summed E-state index contributed by atoms with van der Waals surface area (Å²) in [5.74, 6) is 0. The molecule has 0 heterocycles. The van der Waals surface area contributed by atoms with Crippen molar-refractivity contribution in [1.29, 1.82) is 5.26 Å². The predicted molar refractivity (Wildman–Crippen MR) is 46.3 cm³/mol. The maximum atomic E-state index is 8.28. The molecule has 0 N–H and O–H groups in total. The van der Waals surface area contributed by atoms with Crippen LogP contribution in [0.15, 0.2) is 35.8 Å². The maximum Gasteiger partial charge on any atom is 0.138 e. The minimum Gasteiger partial charge on any atom is -0.185 e. The summed E-state index contributed by atoms with van der Waals surface area (Å²) in [4.78, 5) is 0.947. The molecule has 0 radical (unpaired) electrons. The van der Waals surface area contributed by atoms with Crippen molar-refractivity contribution in [1.82, 2.24) is 0 Å². The molecule has 0 aromatic carbocycles. The summed E-state index contributed by atoms with van der Waals surface area (Å²) < 4.78 is 0. The van der Waals surface area contributed by atoms with E-state index in [1.807, 2.05) is 24.5 Å². The van der Waals surface area contributed by atoms with Crippen LogP contribution >= 0.6 is 11.8 Å². The number of rotatable bonds is 3. The van der Waals surface area contributed by atoms with E-state index in [4.69, 9.17) is 5.26 Å². The summed E-state index contributed by atoms with van der Waals surface area (Å²) in [6, 6.07) is 0. The molecule has 10 heavy (non-hydrogen) atoms. The van der Waals surface area contributed by atoms with Gasteiger partial charge in [0.25, 0.3) is 0 Å². The molecule has 0 atom stereocenters. The van der Waals surface area contributed by atoms with Crippen LogP contribution in [0.3, 0.4) is 0 Å². The van der Waals surface area contributed by atoms with Gasteiger partial charge in [-0.1, -0.05) is 24.8 Å². The minimum absolute atomic E-state index is 0.947. The first kappa shape index (κ1) is 9.06. The van der Waals surface area contributed by atoms with Crippen molar-refractivity contribution in [2.45, 2.75) is 6.92 Å². The highest BCUT2D eigenvalue weighted by Crippen LogP contribution is 2.14. The number of hydrogen-bond acceptors (Lipinski definition) is 2. The Morgan fingerprint density at radius 3 is 2.80 bits per heavy atom. The van der Waals surface area contributed by atoms with Gasteiger partial charge in [0.05, 0.1) is 0 Å². The van der Waals surface area contributed by atoms with Crippen LogP contribution in [0.2, 0.25) is 0 Å². The van der Waals surface area contributed by atoms with E-state index in [-0.39, 0.29) is 0 Å². The van der Waals surface area contributed by atoms with E-state index in [0.29, 0.717) is 0 Å². The van der Waals surface area contributed by atoms with E-state index in [1.165, 1.54) is 0 Å². The van der Waals surface area contributed by atoms with E-state index in [9.17, 15) is 0 Å². The molecule has 0 spiro atoms. The monoisotopic (exact) mass is 151 g/mol. The van der Waals surface area contributed by atoms with Crippen molar-refractivity contribution >= 4 is 11.8 Å². The average molecular weight is 151 g/mol. The largest absolute Gasteiger partial charge is 0.185 e. The molecule has 0 bridgehead atoms. The lowest BCUT2D eigenvalue weighted by molar-refractivity contribution is 1.57. The van der Waals surface area contributed by atoms with Crippen LogP contribution in [-0.2, 0) is 0 Å². The second-order valence-corrected chi connectivity index (χ2v) is 2.34. The molecule has 0 saturated carbocycles. The summed E-state index contributed by atoms with van der Waals surface area (Å²) in [5, 5.41) is 10.3. The standard InChI is InChI=1S/C8H9NS/c1-3-5-6-8(4-2)10-7-9/h3-6H,1H2,2H3/b6-5-,8-4+. The SMILES string of the molecule is C=C/C=C\C(=C/C)SC#N. The molecule has 2 heteroatoms. The molecule has 0 aromatic rings. The third-order valence-electron chi connectivity index (χ3n) is 0.845. The average Bonchev–Trinajstić information content (AvgIpc) is 1.98. The zero-order valence-corrected chi connectivity index (χ0v) is 6.69. The van der Waals surface area contributed by atoms with Crippen LogP contribution in [0, 0.1) is 10.7 Å². The Kier molecular flexibility index (Phi) is 5.60. The Balaban J connectivity index is 3.99. The first-order chi connectivity index (χ1) is 4.85. The number of nitrogens with zero attached hydrogens (tertiary/aromatic N) is 1. The normalized spacial score (nSPS) is 11.4. The van der Waals surface area contributed by atoms with Gasteiger partial charge < -0.3 is 0 Å². The lowest BCUT2D eigenvalue weighted by Crippen LogP contribution is -1.63. The molecule has 0 unspecified atom stereocenters. The van der Waals surface area contributed by atoms with Crippen LogP contribution in [0.1, 0.15) is 6.92 Å². The van der Waals surface area contributed by atoms with Crippen molar-refractivity contribution in [3.05, 3.63) is 35.8 Å². The smallest absolute Gasteiger partial charge is 0.138 e. The van der Waals surface area contributed by atoms with Crippen molar-refractivity contribution in [3.8, 4) is 5.40 Å². The molecule has 52 valence electrons. The highest BCUT2D eigenvalue weighted by molar-refractivity contribution is 8.07. The predicted octanol–water partition coefficient (Wildman–Crippen LogP) is 2.85. The van der Waals surface area contributed by atoms with E-state index in [1.54, 1.807) is 12.2 Å². The Labute approximate surface area is 65.7 Å². The highest BCUT2D eigenvalue weighted by Gasteiger charge is 1.86. The first-order valence-electron chi connectivity index (χ1n) is 2.86. The number of thiocyanates is 1. The Morgan fingerprint density at radius 2 is 2.40 bits per heavy atom. The van der Waals surface area contributed by atoms with Crippen molar-refractivity contribution in [2.24, 2.45) is 0 Å². The van der Waals surface area contributed by atoms with Gasteiger partial charge in [-0.15, -0.1) is 0 Å². The Morgan fingerprint density at radius 1 is 1.70 bits per heavy atom.